The lowest BCUT2D eigenvalue weighted by molar-refractivity contribution is 0.147. The van der Waals surface area contributed by atoms with E-state index >= 15 is 0 Å². The third kappa shape index (κ3) is 16.5. The Kier molecular flexibility index (Phi) is 21.4. The van der Waals surface area contributed by atoms with Gasteiger partial charge in [0.2, 0.25) is 10.2 Å². The summed E-state index contributed by atoms with van der Waals surface area (Å²) >= 11 is 34.0. The molecule has 0 unspecified atom stereocenters. The van der Waals surface area contributed by atoms with Crippen LogP contribution < -0.4 is 39.8 Å². The molecule has 0 aliphatic rings. The van der Waals surface area contributed by atoms with E-state index in [9.17, 15) is 0 Å². The van der Waals surface area contributed by atoms with Crippen molar-refractivity contribution >= 4 is 216 Å². The van der Waals surface area contributed by atoms with Crippen LogP contribution in [-0.2, 0) is 6.54 Å². The maximum absolute atomic E-state index is 6.15. The summed E-state index contributed by atoms with van der Waals surface area (Å²) in [7, 11) is 8.47. The summed E-state index contributed by atoms with van der Waals surface area (Å²) in [6.45, 7) is 1.75. The number of hydrazone groups is 4. The van der Waals surface area contributed by atoms with Crippen molar-refractivity contribution in [2.24, 2.45) is 54.8 Å². The van der Waals surface area contributed by atoms with Crippen LogP contribution in [0.1, 0.15) is 34.6 Å². The van der Waals surface area contributed by atoms with Gasteiger partial charge in [-0.15, -0.1) is 43.1 Å². The fourth-order valence-corrected chi connectivity index (χ4v) is 14.8. The third-order valence-electron chi connectivity index (χ3n) is 9.34. The molecule has 0 radical (unpaired) electrons. The summed E-state index contributed by atoms with van der Waals surface area (Å²) in [6.07, 6.45) is 5.80. The van der Waals surface area contributed by atoms with Crippen LogP contribution in [0, 0.1) is 6.92 Å². The van der Waals surface area contributed by atoms with E-state index < -0.39 is 0 Å². The highest BCUT2D eigenvalue weighted by atomic mass is 33.1. The number of aryl methyl sites for hydroxylation is 1. The minimum Gasteiger partial charge on any atom is -0.448 e. The van der Waals surface area contributed by atoms with Gasteiger partial charge in [-0.05, 0) is 172 Å². The predicted molar refractivity (Wildman–Crippen MR) is 347 cm³/mol. The second kappa shape index (κ2) is 28.5. The number of rotatable bonds is 21. The Morgan fingerprint density at radius 3 is 1.60 bits per heavy atom. The molecule has 410 valence electrons. The first-order valence-corrected chi connectivity index (χ1v) is 32.4. The first kappa shape index (κ1) is 60.0. The molecule has 24 nitrogen and oxygen atoms in total. The van der Waals surface area contributed by atoms with Gasteiger partial charge in [-0.3, -0.25) is 5.43 Å². The minimum absolute atomic E-state index is 0.0347. The lowest BCUT2D eigenvalue weighted by Crippen LogP contribution is -2.48. The first-order chi connectivity index (χ1) is 38.5. The first-order valence-electron chi connectivity index (χ1n) is 21.8. The summed E-state index contributed by atoms with van der Waals surface area (Å²) < 4.78 is 16.3. The maximum atomic E-state index is 6.15. The van der Waals surface area contributed by atoms with Crippen molar-refractivity contribution in [3.8, 4) is 22.8 Å². The molecule has 38 heteroatoms. The smallest absolute Gasteiger partial charge is 0.211 e. The highest BCUT2D eigenvalue weighted by molar-refractivity contribution is 8.77. The van der Waals surface area contributed by atoms with E-state index in [1.807, 2.05) is 53.9 Å². The highest BCUT2D eigenvalue weighted by Gasteiger charge is 2.22. The average molecular weight is 1330 g/mol. The predicted octanol–water partition coefficient (Wildman–Crippen LogP) is 7.81. The quantitative estimate of drug-likeness (QED) is 0.0156. The van der Waals surface area contributed by atoms with Gasteiger partial charge in [0.05, 0.1) is 36.2 Å². The van der Waals surface area contributed by atoms with Crippen LogP contribution in [0.4, 0.5) is 0 Å². The number of nitrogens with zero attached hydrogens (tertiary/aromatic N) is 15. The van der Waals surface area contributed by atoms with Gasteiger partial charge >= 0.3 is 0 Å². The Hall–Kier alpha value is -6.14. The van der Waals surface area contributed by atoms with E-state index in [0.717, 1.165) is 39.8 Å². The number of aromatic nitrogens is 8. The SMILES string of the molecule is Cc1nc(-c2ccccc2SSc2ccccc2-c2nc(CN(/N=C/c3ccc(SSc4ccc(/C=N/N(C(N)=S)N(/N=C/c5csc(SSc6nc(/C=N/NC(N)=S)cs6)n5)C(N)=S)o4)o3)C(N)=S)n(C(N)=S)n2)nn1C(N)=S. The molecule has 2 aromatic carbocycles. The van der Waals surface area contributed by atoms with E-state index in [2.05, 4.69) is 51.0 Å². The molecule has 0 spiro atoms. The monoisotopic (exact) mass is 1330 g/mol. The Morgan fingerprint density at radius 2 is 1.09 bits per heavy atom. The van der Waals surface area contributed by atoms with Gasteiger partial charge in [0, 0.05) is 31.7 Å². The van der Waals surface area contributed by atoms with Crippen LogP contribution in [0.25, 0.3) is 22.8 Å². The fraction of sp³-hybridized carbons (Fsp3) is 0.0476. The number of hydrogen-bond donors (Lipinski definition) is 7. The number of hydrazine groups is 1. The summed E-state index contributed by atoms with van der Waals surface area (Å²) in [5.74, 6) is 2.53. The van der Waals surface area contributed by atoms with Gasteiger partial charge in [-0.2, -0.15) is 29.8 Å². The molecule has 0 atom stereocenters. The van der Waals surface area contributed by atoms with E-state index in [0.29, 0.717) is 56.4 Å². The van der Waals surface area contributed by atoms with Crippen molar-refractivity contribution < 1.29 is 8.83 Å². The number of thiazole rings is 2. The number of benzene rings is 2. The molecule has 0 saturated carbocycles. The normalized spacial score (nSPS) is 11.6. The van der Waals surface area contributed by atoms with E-state index in [4.69, 9.17) is 122 Å². The number of thiocarbonyl (C=S) groups is 6. The van der Waals surface area contributed by atoms with Crippen LogP contribution in [0.5, 0.6) is 0 Å². The van der Waals surface area contributed by atoms with Crippen LogP contribution in [0.2, 0.25) is 0 Å². The molecule has 80 heavy (non-hydrogen) atoms. The zero-order chi connectivity index (χ0) is 56.9. The third-order valence-corrected chi connectivity index (χ3v) is 19.6. The fourth-order valence-electron chi connectivity index (χ4n) is 5.99. The molecule has 0 bridgehead atoms. The molecule has 0 aliphatic carbocycles. The molecule has 6 aromatic heterocycles. The van der Waals surface area contributed by atoms with Crippen molar-refractivity contribution in [3.05, 3.63) is 118 Å². The van der Waals surface area contributed by atoms with Gasteiger partial charge in [0.25, 0.3) is 0 Å². The van der Waals surface area contributed by atoms with Crippen molar-refractivity contribution in [2.45, 2.75) is 42.1 Å². The second-order valence-corrected chi connectivity index (χ2v) is 26.1. The Balaban J connectivity index is 0.856. The Labute approximate surface area is 518 Å². The molecule has 0 aliphatic heterocycles. The number of nitrogens with two attached hydrogens (primary N) is 6. The molecule has 6 heterocycles. The summed E-state index contributed by atoms with van der Waals surface area (Å²) in [5.41, 5.74) is 40.8. The average Bonchev–Trinajstić information content (AvgIpc) is 4.33. The summed E-state index contributed by atoms with van der Waals surface area (Å²) in [5, 5.41) is 34.1. The lowest BCUT2D eigenvalue weighted by Gasteiger charge is -2.26. The zero-order valence-corrected chi connectivity index (χ0v) is 51.7. The maximum Gasteiger partial charge on any atom is 0.211 e. The van der Waals surface area contributed by atoms with Gasteiger partial charge in [0.1, 0.15) is 23.9 Å². The molecule has 13 N–H and O–H groups in total. The van der Waals surface area contributed by atoms with Crippen molar-refractivity contribution in [3.63, 3.8) is 0 Å². The molecule has 8 rings (SSSR count). The van der Waals surface area contributed by atoms with Gasteiger partial charge < -0.3 is 43.2 Å². The zero-order valence-electron chi connectivity index (χ0n) is 40.3. The van der Waals surface area contributed by atoms with E-state index in [-0.39, 0.29) is 37.2 Å². The largest absolute Gasteiger partial charge is 0.448 e. The van der Waals surface area contributed by atoms with Gasteiger partial charge in [0.15, 0.2) is 56.8 Å². The van der Waals surface area contributed by atoms with Gasteiger partial charge in [-0.1, -0.05) is 45.9 Å². The van der Waals surface area contributed by atoms with Crippen molar-refractivity contribution in [1.29, 1.82) is 0 Å². The van der Waals surface area contributed by atoms with Crippen LogP contribution in [-0.4, -0.2) is 110 Å². The molecular weight excluding hydrogens is 1290 g/mol. The molecule has 0 saturated heterocycles. The van der Waals surface area contributed by atoms with E-state index in [1.165, 1.54) is 127 Å². The van der Waals surface area contributed by atoms with Crippen LogP contribution >= 0.6 is 161 Å². The number of nitrogens with one attached hydrogen (secondary N) is 1. The molecule has 0 fully saturated rings. The van der Waals surface area contributed by atoms with Crippen molar-refractivity contribution in [1.82, 2.24) is 60.2 Å². The van der Waals surface area contributed by atoms with Crippen LogP contribution in [0.3, 0.4) is 0 Å². The van der Waals surface area contributed by atoms with Gasteiger partial charge in [-0.25, -0.2) is 24.9 Å². The molecule has 8 aromatic rings. The van der Waals surface area contributed by atoms with Crippen molar-refractivity contribution in [2.75, 3.05) is 0 Å². The summed E-state index contributed by atoms with van der Waals surface area (Å²) in [4.78, 5) is 20.2. The number of hydrogen-bond acceptors (Lipinski definition) is 26. The van der Waals surface area contributed by atoms with E-state index in [1.54, 1.807) is 36.6 Å². The standard InChI is InChI=1S/C42H36N22O2S14/c1-21-53-33(58-61(21)37(45)69)26-6-2-4-8-28(26)75-76-29-9-5-3-7-27(29)34-56-30(62(59-34)38(46)70)18-60(36(44)68)50-16-24-10-12-31(65-24)77-78-32-13-11-25(66-32)17-52-64(40(48)72)63(39(47)71)51-15-23-20-74-42(55-23)80-79-41-54-22(19-73-41)14-49-57-35(43)67/h2-17,19-20H,18H2,1H3,(H2,44,68)(H2,45,69)(H2,46,70)(H2,47,71)(H2,48,72)(H3,43,57,67)/b49-14+,50-16+,51-15+,52-17+. The van der Waals surface area contributed by atoms with Crippen LogP contribution in [0.15, 0.2) is 141 Å². The lowest BCUT2D eigenvalue weighted by atomic mass is 10.2. The highest BCUT2D eigenvalue weighted by Crippen LogP contribution is 2.45. The molecule has 0 amide bonds. The second-order valence-electron chi connectivity index (χ2n) is 14.8. The Morgan fingerprint density at radius 1 is 0.588 bits per heavy atom. The summed E-state index contributed by atoms with van der Waals surface area (Å²) in [6, 6.07) is 22.4. The Bertz CT molecular complexity index is 3710. The minimum atomic E-state index is -0.204. The number of furan rings is 2. The topological polar surface area (TPSA) is 341 Å². The molecular formula is C42H36N22O2S14.